The number of hydrogen-bond acceptors (Lipinski definition) is 3. The van der Waals surface area contributed by atoms with Crippen LogP contribution in [0.1, 0.15) is 37.8 Å². The summed E-state index contributed by atoms with van der Waals surface area (Å²) in [7, 11) is 0. The smallest absolute Gasteiger partial charge is 0.244 e. The number of allylic oxidation sites excluding steroid dienone is 1. The lowest BCUT2D eigenvalue weighted by atomic mass is 9.61. The Morgan fingerprint density at radius 3 is 2.04 bits per heavy atom. The van der Waals surface area contributed by atoms with Gasteiger partial charge in [0.2, 0.25) is 5.91 Å². The summed E-state index contributed by atoms with van der Waals surface area (Å²) in [5.41, 5.74) is 3.76. The molecule has 3 aliphatic rings. The van der Waals surface area contributed by atoms with E-state index in [1.807, 2.05) is 48.5 Å². The van der Waals surface area contributed by atoms with Crippen LogP contribution >= 0.6 is 0 Å². The maximum atomic E-state index is 13.4. The van der Waals surface area contributed by atoms with Crippen LogP contribution in [0, 0.1) is 5.41 Å². The lowest BCUT2D eigenvalue weighted by Gasteiger charge is -2.43. The average Bonchev–Trinajstić information content (AvgIpc) is 2.87. The van der Waals surface area contributed by atoms with Crippen LogP contribution in [0.25, 0.3) is 0 Å². The number of ketones is 1. The molecule has 0 bridgehead atoms. The topological polar surface area (TPSA) is 58.2 Å². The van der Waals surface area contributed by atoms with Gasteiger partial charge in [-0.1, -0.05) is 50.2 Å². The Hall–Kier alpha value is -2.88. The molecular formula is C22H20N2O2. The average molecular weight is 344 g/mol. The summed E-state index contributed by atoms with van der Waals surface area (Å²) < 4.78 is 0. The van der Waals surface area contributed by atoms with Crippen LogP contribution in [0.2, 0.25) is 0 Å². The Kier molecular flexibility index (Phi) is 2.87. The van der Waals surface area contributed by atoms with Gasteiger partial charge in [-0.2, -0.15) is 0 Å². The number of amides is 1. The van der Waals surface area contributed by atoms with Gasteiger partial charge in [0.25, 0.3) is 0 Å². The molecule has 0 radical (unpaired) electrons. The molecule has 1 aliphatic carbocycles. The molecular weight excluding hydrogens is 324 g/mol. The molecule has 1 spiro atoms. The van der Waals surface area contributed by atoms with Gasteiger partial charge in [0.1, 0.15) is 5.41 Å². The number of rotatable bonds is 0. The number of Topliss-reactive ketones (excluding diaryl/α,β-unsaturated/α-hetero) is 1. The molecule has 0 saturated heterocycles. The molecule has 2 aromatic carbocycles. The molecule has 4 heteroatoms. The normalized spacial score (nSPS) is 25.3. The molecule has 1 unspecified atom stereocenters. The van der Waals surface area contributed by atoms with E-state index < -0.39 is 5.41 Å². The van der Waals surface area contributed by atoms with Gasteiger partial charge in [0, 0.05) is 40.2 Å². The molecule has 2 N–H and O–H groups in total. The van der Waals surface area contributed by atoms with Crippen molar-refractivity contribution < 1.29 is 9.59 Å². The van der Waals surface area contributed by atoms with Gasteiger partial charge in [0.05, 0.1) is 0 Å². The minimum atomic E-state index is -1.05. The van der Waals surface area contributed by atoms with E-state index in [2.05, 4.69) is 24.5 Å². The summed E-state index contributed by atoms with van der Waals surface area (Å²) in [6.07, 6.45) is 1.20. The summed E-state index contributed by atoms with van der Waals surface area (Å²) in [5, 5.41) is 6.49. The molecule has 1 atom stereocenters. The number of carbonyl (C=O) groups is 2. The number of carbonyl (C=O) groups excluding carboxylic acids is 2. The molecule has 1 amide bonds. The fourth-order valence-electron chi connectivity index (χ4n) is 4.85. The predicted molar refractivity (Wildman–Crippen MR) is 101 cm³/mol. The molecule has 0 aromatic heterocycles. The number of para-hydroxylation sites is 2. The summed E-state index contributed by atoms with van der Waals surface area (Å²) in [6, 6.07) is 15.5. The quantitative estimate of drug-likeness (QED) is 0.760. The molecule has 4 nitrogen and oxygen atoms in total. The maximum Gasteiger partial charge on any atom is 0.244 e. The van der Waals surface area contributed by atoms with Gasteiger partial charge in [-0.3, -0.25) is 9.59 Å². The first-order valence-corrected chi connectivity index (χ1v) is 8.98. The van der Waals surface area contributed by atoms with Gasteiger partial charge >= 0.3 is 0 Å². The molecule has 0 saturated carbocycles. The van der Waals surface area contributed by atoms with Crippen LogP contribution in [0.3, 0.4) is 0 Å². The zero-order chi connectivity index (χ0) is 18.1. The Morgan fingerprint density at radius 1 is 0.808 bits per heavy atom. The highest BCUT2D eigenvalue weighted by Gasteiger charge is 2.58. The van der Waals surface area contributed by atoms with Crippen molar-refractivity contribution in [2.45, 2.75) is 32.1 Å². The first-order chi connectivity index (χ1) is 12.4. The third-order valence-corrected chi connectivity index (χ3v) is 5.79. The summed E-state index contributed by atoms with van der Waals surface area (Å²) in [6.45, 7) is 4.21. The standard InChI is InChI=1S/C22H20N2O2/c1-21(2)11-17-19(18(25)12-21)22(13-7-3-5-9-15(13)23-17)14-8-4-6-10-16(14)24-20(22)26/h3-10,23H,11-12H2,1-2H3,(H,24,26). The van der Waals surface area contributed by atoms with Crippen LogP contribution < -0.4 is 10.6 Å². The highest BCUT2D eigenvalue weighted by molar-refractivity contribution is 6.20. The van der Waals surface area contributed by atoms with E-state index in [1.165, 1.54) is 0 Å². The van der Waals surface area contributed by atoms with Crippen molar-refractivity contribution in [3.8, 4) is 0 Å². The minimum absolute atomic E-state index is 0.0603. The Morgan fingerprint density at radius 2 is 1.38 bits per heavy atom. The number of nitrogens with one attached hydrogen (secondary N) is 2. The van der Waals surface area contributed by atoms with Crippen LogP contribution in [0.5, 0.6) is 0 Å². The predicted octanol–water partition coefficient (Wildman–Crippen LogP) is 3.99. The zero-order valence-corrected chi connectivity index (χ0v) is 14.8. The van der Waals surface area contributed by atoms with E-state index in [4.69, 9.17) is 0 Å². The molecule has 0 fully saturated rings. The fourth-order valence-corrected chi connectivity index (χ4v) is 4.85. The van der Waals surface area contributed by atoms with Crippen molar-refractivity contribution in [1.82, 2.24) is 0 Å². The highest BCUT2D eigenvalue weighted by atomic mass is 16.2. The molecule has 5 rings (SSSR count). The molecule has 2 aromatic rings. The summed E-state index contributed by atoms with van der Waals surface area (Å²) >= 11 is 0. The van der Waals surface area contributed by atoms with Crippen molar-refractivity contribution in [3.05, 3.63) is 70.9 Å². The molecule has 2 heterocycles. The van der Waals surface area contributed by atoms with E-state index in [-0.39, 0.29) is 17.1 Å². The van der Waals surface area contributed by atoms with Crippen LogP contribution in [-0.4, -0.2) is 11.7 Å². The second-order valence-electron chi connectivity index (χ2n) is 8.21. The minimum Gasteiger partial charge on any atom is -0.358 e. The Labute approximate surface area is 152 Å². The summed E-state index contributed by atoms with van der Waals surface area (Å²) in [5.74, 6) is -0.0710. The van der Waals surface area contributed by atoms with E-state index >= 15 is 0 Å². The van der Waals surface area contributed by atoms with Crippen LogP contribution in [0.4, 0.5) is 11.4 Å². The second kappa shape index (κ2) is 4.85. The van der Waals surface area contributed by atoms with Crippen molar-refractivity contribution in [2.24, 2.45) is 5.41 Å². The maximum absolute atomic E-state index is 13.4. The largest absolute Gasteiger partial charge is 0.358 e. The molecule has 26 heavy (non-hydrogen) atoms. The summed E-state index contributed by atoms with van der Waals surface area (Å²) in [4.78, 5) is 26.7. The number of benzene rings is 2. The van der Waals surface area contributed by atoms with Gasteiger partial charge < -0.3 is 10.6 Å². The molecule has 2 aliphatic heterocycles. The lowest BCUT2D eigenvalue weighted by molar-refractivity contribution is -0.123. The Balaban J connectivity index is 1.90. The third-order valence-electron chi connectivity index (χ3n) is 5.79. The van der Waals surface area contributed by atoms with Crippen molar-refractivity contribution >= 4 is 23.1 Å². The van der Waals surface area contributed by atoms with Gasteiger partial charge in [-0.15, -0.1) is 0 Å². The van der Waals surface area contributed by atoms with Crippen molar-refractivity contribution in [1.29, 1.82) is 0 Å². The second-order valence-corrected chi connectivity index (χ2v) is 8.21. The SMILES string of the molecule is CC1(C)CC(=O)C2=C(C1)Nc1ccccc1C21C(=O)Nc2ccccc21. The van der Waals surface area contributed by atoms with Crippen LogP contribution in [-0.2, 0) is 15.0 Å². The van der Waals surface area contributed by atoms with Crippen LogP contribution in [0.15, 0.2) is 59.8 Å². The fraction of sp³-hybridized carbons (Fsp3) is 0.273. The van der Waals surface area contributed by atoms with E-state index in [0.29, 0.717) is 12.0 Å². The van der Waals surface area contributed by atoms with Gasteiger partial charge in [-0.05, 0) is 24.0 Å². The number of anilines is 2. The first kappa shape index (κ1) is 15.4. The zero-order valence-electron chi connectivity index (χ0n) is 14.8. The van der Waals surface area contributed by atoms with E-state index in [1.54, 1.807) is 0 Å². The van der Waals surface area contributed by atoms with E-state index in [0.717, 1.165) is 34.6 Å². The monoisotopic (exact) mass is 344 g/mol. The van der Waals surface area contributed by atoms with Gasteiger partial charge in [-0.25, -0.2) is 0 Å². The van der Waals surface area contributed by atoms with Crippen molar-refractivity contribution in [2.75, 3.05) is 10.6 Å². The van der Waals surface area contributed by atoms with Gasteiger partial charge in [0.15, 0.2) is 5.78 Å². The lowest BCUT2D eigenvalue weighted by Crippen LogP contribution is -2.47. The van der Waals surface area contributed by atoms with E-state index in [9.17, 15) is 9.59 Å². The highest BCUT2D eigenvalue weighted by Crippen LogP contribution is 2.56. The van der Waals surface area contributed by atoms with Crippen molar-refractivity contribution in [3.63, 3.8) is 0 Å². The third kappa shape index (κ3) is 1.79. The number of fused-ring (bicyclic) bond motifs is 5. The number of hydrogen-bond donors (Lipinski definition) is 2. The Bertz CT molecular complexity index is 1020. The first-order valence-electron chi connectivity index (χ1n) is 8.98. The molecule has 130 valence electrons.